The number of amides is 1. The fourth-order valence-electron chi connectivity index (χ4n) is 2.20. The molecular formula is C15H16BrF2N3O3S. The highest BCUT2D eigenvalue weighted by Gasteiger charge is 2.23. The lowest BCUT2D eigenvalue weighted by atomic mass is 10.1. The number of carbonyl (C=O) groups is 1. The fourth-order valence-corrected chi connectivity index (χ4v) is 3.67. The Balaban J connectivity index is 1.98. The first kappa shape index (κ1) is 19.5. The van der Waals surface area contributed by atoms with Gasteiger partial charge < -0.3 is 5.32 Å². The molecule has 10 heteroatoms. The number of nitrogens with zero attached hydrogens (tertiary/aromatic N) is 2. The highest BCUT2D eigenvalue weighted by atomic mass is 79.9. The van der Waals surface area contributed by atoms with Crippen LogP contribution in [-0.2, 0) is 20.4 Å². The summed E-state index contributed by atoms with van der Waals surface area (Å²) in [5, 5.41) is 2.58. The van der Waals surface area contributed by atoms with E-state index in [0.29, 0.717) is 4.57 Å². The van der Waals surface area contributed by atoms with Gasteiger partial charge in [-0.05, 0) is 24.6 Å². The molecule has 1 aromatic carbocycles. The van der Waals surface area contributed by atoms with Crippen molar-refractivity contribution >= 4 is 31.7 Å². The Morgan fingerprint density at radius 2 is 1.96 bits per heavy atom. The summed E-state index contributed by atoms with van der Waals surface area (Å²) in [6.45, 7) is -1.17. The molecule has 1 aromatic heterocycles. The van der Waals surface area contributed by atoms with E-state index in [1.165, 1.54) is 0 Å². The van der Waals surface area contributed by atoms with Gasteiger partial charge in [0.25, 0.3) is 0 Å². The van der Waals surface area contributed by atoms with Crippen LogP contribution < -0.4 is 5.32 Å². The smallest absolute Gasteiger partial charge is 0.319 e. The molecule has 0 aliphatic carbocycles. The third-order valence-corrected chi connectivity index (χ3v) is 5.34. The molecule has 0 saturated carbocycles. The molecule has 0 aliphatic heterocycles. The maximum atomic E-state index is 12.7. The number of benzene rings is 1. The first-order chi connectivity index (χ1) is 11.7. The zero-order valence-electron chi connectivity index (χ0n) is 13.2. The van der Waals surface area contributed by atoms with E-state index in [1.54, 1.807) is 31.2 Å². The van der Waals surface area contributed by atoms with Crippen LogP contribution in [0.15, 0.2) is 41.1 Å². The van der Waals surface area contributed by atoms with E-state index in [9.17, 15) is 22.0 Å². The third kappa shape index (κ3) is 5.60. The summed E-state index contributed by atoms with van der Waals surface area (Å²) >= 11 is 3.30. The summed E-state index contributed by atoms with van der Waals surface area (Å²) < 4.78 is 51.0. The molecule has 2 rings (SSSR count). The highest BCUT2D eigenvalue weighted by Crippen LogP contribution is 2.17. The lowest BCUT2D eigenvalue weighted by Gasteiger charge is -2.14. The molecule has 0 radical (unpaired) electrons. The first-order valence-electron chi connectivity index (χ1n) is 7.23. The molecule has 1 N–H and O–H groups in total. The quantitative estimate of drug-likeness (QED) is 0.724. The number of halogens is 3. The number of rotatable bonds is 7. The molecule has 1 heterocycles. The maximum absolute atomic E-state index is 12.7. The average molecular weight is 436 g/mol. The molecule has 0 saturated heterocycles. The molecule has 136 valence electrons. The molecule has 25 heavy (non-hydrogen) atoms. The van der Waals surface area contributed by atoms with Gasteiger partial charge >= 0.3 is 6.55 Å². The first-order valence-corrected chi connectivity index (χ1v) is 9.84. The van der Waals surface area contributed by atoms with Crippen molar-refractivity contribution in [2.24, 2.45) is 0 Å². The van der Waals surface area contributed by atoms with Gasteiger partial charge in [-0.3, -0.25) is 9.36 Å². The highest BCUT2D eigenvalue weighted by molar-refractivity contribution is 9.10. The molecule has 1 atom stereocenters. The van der Waals surface area contributed by atoms with Gasteiger partial charge in [0.05, 0.1) is 6.04 Å². The van der Waals surface area contributed by atoms with Crippen molar-refractivity contribution in [1.29, 1.82) is 0 Å². The summed E-state index contributed by atoms with van der Waals surface area (Å²) in [6, 6.07) is 6.81. The van der Waals surface area contributed by atoms with Crippen molar-refractivity contribution in [2.75, 3.05) is 5.75 Å². The zero-order valence-corrected chi connectivity index (χ0v) is 15.6. The molecule has 0 spiro atoms. The van der Waals surface area contributed by atoms with Crippen molar-refractivity contribution in [3.8, 4) is 0 Å². The lowest BCUT2D eigenvalue weighted by Crippen LogP contribution is -2.33. The van der Waals surface area contributed by atoms with Gasteiger partial charge in [0.2, 0.25) is 5.91 Å². The van der Waals surface area contributed by atoms with Crippen LogP contribution in [0.25, 0.3) is 0 Å². The SMILES string of the molecule is CC(NC(=O)CS(=O)(=O)Cc1nccn1C(F)F)c1ccc(Br)cc1. The van der Waals surface area contributed by atoms with Crippen LogP contribution in [0.4, 0.5) is 8.78 Å². The van der Waals surface area contributed by atoms with Gasteiger partial charge in [0.15, 0.2) is 9.84 Å². The monoisotopic (exact) mass is 435 g/mol. The number of hydrogen-bond acceptors (Lipinski definition) is 4. The molecule has 2 aromatic rings. The minimum Gasteiger partial charge on any atom is -0.349 e. The Kier molecular flexibility index (Phi) is 6.28. The molecule has 0 bridgehead atoms. The minimum atomic E-state index is -3.93. The lowest BCUT2D eigenvalue weighted by molar-refractivity contribution is -0.119. The van der Waals surface area contributed by atoms with E-state index in [1.807, 2.05) is 0 Å². The number of hydrogen-bond donors (Lipinski definition) is 1. The van der Waals surface area contributed by atoms with Gasteiger partial charge in [-0.1, -0.05) is 28.1 Å². The summed E-state index contributed by atoms with van der Waals surface area (Å²) in [6.07, 6.45) is 2.08. The molecule has 1 amide bonds. The second kappa shape index (κ2) is 8.05. The van der Waals surface area contributed by atoms with Gasteiger partial charge in [-0.15, -0.1) is 0 Å². The van der Waals surface area contributed by atoms with E-state index >= 15 is 0 Å². The number of nitrogens with one attached hydrogen (secondary N) is 1. The predicted octanol–water partition coefficient (Wildman–Crippen LogP) is 2.83. The Morgan fingerprint density at radius 3 is 2.56 bits per heavy atom. The second-order valence-electron chi connectivity index (χ2n) is 5.40. The number of carbonyl (C=O) groups excluding carboxylic acids is 1. The predicted molar refractivity (Wildman–Crippen MR) is 91.7 cm³/mol. The van der Waals surface area contributed by atoms with E-state index in [4.69, 9.17) is 0 Å². The second-order valence-corrected chi connectivity index (χ2v) is 8.38. The van der Waals surface area contributed by atoms with Crippen molar-refractivity contribution in [3.63, 3.8) is 0 Å². The van der Waals surface area contributed by atoms with Crippen LogP contribution >= 0.6 is 15.9 Å². The van der Waals surface area contributed by atoms with E-state index in [-0.39, 0.29) is 11.9 Å². The third-order valence-electron chi connectivity index (χ3n) is 3.41. The molecule has 6 nitrogen and oxygen atoms in total. The van der Waals surface area contributed by atoms with Gasteiger partial charge in [0.1, 0.15) is 17.3 Å². The number of alkyl halides is 2. The van der Waals surface area contributed by atoms with E-state index < -0.39 is 33.8 Å². The molecule has 0 fully saturated rings. The van der Waals surface area contributed by atoms with Gasteiger partial charge in [0, 0.05) is 16.9 Å². The Labute approximate surface area is 152 Å². The molecular weight excluding hydrogens is 420 g/mol. The van der Waals surface area contributed by atoms with Crippen LogP contribution in [0.3, 0.4) is 0 Å². The normalized spacial score (nSPS) is 13.0. The zero-order chi connectivity index (χ0) is 18.6. The number of imidazole rings is 1. The molecule has 0 aliphatic rings. The van der Waals surface area contributed by atoms with Crippen molar-refractivity contribution in [2.45, 2.75) is 25.3 Å². The summed E-state index contributed by atoms with van der Waals surface area (Å²) in [4.78, 5) is 15.6. The van der Waals surface area contributed by atoms with Crippen LogP contribution in [0, 0.1) is 0 Å². The topological polar surface area (TPSA) is 81.1 Å². The standard InChI is InChI=1S/C15H16BrF2N3O3S/c1-10(11-2-4-12(16)5-3-11)20-14(22)9-25(23,24)8-13-19-6-7-21(13)15(17)18/h2-7,10,15H,8-9H2,1H3,(H,20,22). The van der Waals surface area contributed by atoms with E-state index in [2.05, 4.69) is 26.2 Å². The number of aromatic nitrogens is 2. The maximum Gasteiger partial charge on any atom is 0.319 e. The van der Waals surface area contributed by atoms with Crippen LogP contribution in [0.1, 0.15) is 30.9 Å². The summed E-state index contributed by atoms with van der Waals surface area (Å²) in [5.74, 6) is -2.54. The van der Waals surface area contributed by atoms with Gasteiger partial charge in [-0.2, -0.15) is 8.78 Å². The summed E-state index contributed by atoms with van der Waals surface area (Å²) in [7, 11) is -3.93. The Morgan fingerprint density at radius 1 is 1.32 bits per heavy atom. The Bertz CT molecular complexity index is 838. The van der Waals surface area contributed by atoms with E-state index in [0.717, 1.165) is 22.4 Å². The summed E-state index contributed by atoms with van der Waals surface area (Å²) in [5.41, 5.74) is 0.808. The van der Waals surface area contributed by atoms with Crippen LogP contribution in [-0.4, -0.2) is 29.6 Å². The van der Waals surface area contributed by atoms with Crippen molar-refractivity contribution in [3.05, 3.63) is 52.5 Å². The van der Waals surface area contributed by atoms with Crippen molar-refractivity contribution < 1.29 is 22.0 Å². The largest absolute Gasteiger partial charge is 0.349 e. The van der Waals surface area contributed by atoms with Crippen molar-refractivity contribution in [1.82, 2.24) is 14.9 Å². The minimum absolute atomic E-state index is 0.302. The average Bonchev–Trinajstić information content (AvgIpc) is 2.94. The van der Waals surface area contributed by atoms with Crippen LogP contribution in [0.2, 0.25) is 0 Å². The van der Waals surface area contributed by atoms with Gasteiger partial charge in [-0.25, -0.2) is 13.4 Å². The molecule has 1 unspecified atom stereocenters. The van der Waals surface area contributed by atoms with Crippen LogP contribution in [0.5, 0.6) is 0 Å². The number of sulfone groups is 1. The Hall–Kier alpha value is -1.81. The fraction of sp³-hybridized carbons (Fsp3) is 0.333.